The summed E-state index contributed by atoms with van der Waals surface area (Å²) in [5.41, 5.74) is 2.33. The van der Waals surface area contributed by atoms with E-state index in [9.17, 15) is 0 Å². The molecule has 0 atom stereocenters. The Morgan fingerprint density at radius 1 is 1.40 bits per heavy atom. The summed E-state index contributed by atoms with van der Waals surface area (Å²) in [6.07, 6.45) is 1.23. The predicted molar refractivity (Wildman–Crippen MR) is 61.8 cm³/mol. The van der Waals surface area contributed by atoms with Crippen LogP contribution in [0, 0.1) is 16.7 Å². The average molecular weight is 200 g/mol. The molecule has 0 bridgehead atoms. The van der Waals surface area contributed by atoms with E-state index < -0.39 is 0 Å². The van der Waals surface area contributed by atoms with Crippen LogP contribution in [0.4, 0.5) is 5.69 Å². The number of nitrogens with zero attached hydrogens (tertiary/aromatic N) is 2. The highest BCUT2D eigenvalue weighted by Gasteiger charge is 2.29. The first-order chi connectivity index (χ1) is 7.11. The Kier molecular flexibility index (Phi) is 2.40. The largest absolute Gasteiger partial charge is 0.371 e. The van der Waals surface area contributed by atoms with Crippen LogP contribution in [0.2, 0.25) is 0 Å². The normalized spacial score (nSPS) is 18.9. The lowest BCUT2D eigenvalue weighted by molar-refractivity contribution is 0.418. The van der Waals surface area contributed by atoms with Crippen LogP contribution in [0.25, 0.3) is 0 Å². The van der Waals surface area contributed by atoms with Gasteiger partial charge in [0.05, 0.1) is 11.6 Å². The van der Waals surface area contributed by atoms with Crippen LogP contribution in [0.3, 0.4) is 0 Å². The monoisotopic (exact) mass is 200 g/mol. The van der Waals surface area contributed by atoms with Gasteiger partial charge >= 0.3 is 0 Å². The van der Waals surface area contributed by atoms with Gasteiger partial charge in [0.1, 0.15) is 0 Å². The summed E-state index contributed by atoms with van der Waals surface area (Å²) in [7, 11) is 0. The summed E-state index contributed by atoms with van der Waals surface area (Å²) >= 11 is 0. The van der Waals surface area contributed by atoms with Crippen molar-refractivity contribution < 1.29 is 0 Å². The molecule has 1 saturated heterocycles. The molecule has 78 valence electrons. The molecule has 2 rings (SSSR count). The minimum atomic E-state index is 0.405. The van der Waals surface area contributed by atoms with Crippen molar-refractivity contribution >= 4 is 5.69 Å². The molecule has 2 heteroatoms. The van der Waals surface area contributed by atoms with Crippen molar-refractivity contribution in [3.05, 3.63) is 29.8 Å². The summed E-state index contributed by atoms with van der Waals surface area (Å²) in [5.74, 6) is 0. The van der Waals surface area contributed by atoms with Crippen LogP contribution in [-0.2, 0) is 0 Å². The Hall–Kier alpha value is -1.49. The zero-order valence-corrected chi connectivity index (χ0v) is 9.33. The van der Waals surface area contributed by atoms with Crippen molar-refractivity contribution in [1.82, 2.24) is 0 Å². The van der Waals surface area contributed by atoms with Crippen molar-refractivity contribution in [1.29, 1.82) is 5.26 Å². The lowest BCUT2D eigenvalue weighted by Crippen LogP contribution is -2.22. The highest BCUT2D eigenvalue weighted by atomic mass is 15.2. The third-order valence-electron chi connectivity index (χ3n) is 3.02. The molecule has 1 aromatic rings. The third-order valence-corrected chi connectivity index (χ3v) is 3.02. The second kappa shape index (κ2) is 3.58. The third kappa shape index (κ3) is 2.12. The SMILES string of the molecule is CC1(C)CCN(c2cccc(C#N)c2)C1. The summed E-state index contributed by atoms with van der Waals surface area (Å²) < 4.78 is 0. The number of benzene rings is 1. The Labute approximate surface area is 91.1 Å². The molecule has 2 nitrogen and oxygen atoms in total. The van der Waals surface area contributed by atoms with Crippen molar-refractivity contribution in [2.75, 3.05) is 18.0 Å². The quantitative estimate of drug-likeness (QED) is 0.697. The first-order valence-corrected chi connectivity index (χ1v) is 5.36. The highest BCUT2D eigenvalue weighted by Crippen LogP contribution is 2.32. The summed E-state index contributed by atoms with van der Waals surface area (Å²) in [6, 6.07) is 10.1. The van der Waals surface area contributed by atoms with Crippen LogP contribution < -0.4 is 4.90 Å². The van der Waals surface area contributed by atoms with Gasteiger partial charge < -0.3 is 4.90 Å². The van der Waals surface area contributed by atoms with E-state index >= 15 is 0 Å². The maximum Gasteiger partial charge on any atom is 0.0992 e. The molecule has 1 aliphatic rings. The van der Waals surface area contributed by atoms with Gasteiger partial charge in [-0.05, 0) is 30.0 Å². The number of anilines is 1. The molecule has 0 spiro atoms. The van der Waals surface area contributed by atoms with Gasteiger partial charge in [-0.25, -0.2) is 0 Å². The van der Waals surface area contributed by atoms with E-state index in [4.69, 9.17) is 5.26 Å². The van der Waals surface area contributed by atoms with Gasteiger partial charge in [0.2, 0.25) is 0 Å². The van der Waals surface area contributed by atoms with E-state index in [2.05, 4.69) is 30.9 Å². The molecule has 0 amide bonds. The summed E-state index contributed by atoms with van der Waals surface area (Å²) in [4.78, 5) is 2.36. The van der Waals surface area contributed by atoms with E-state index in [0.717, 1.165) is 18.7 Å². The van der Waals surface area contributed by atoms with Gasteiger partial charge in [0.25, 0.3) is 0 Å². The van der Waals surface area contributed by atoms with E-state index in [1.165, 1.54) is 12.1 Å². The van der Waals surface area contributed by atoms with Crippen molar-refractivity contribution in [3.8, 4) is 6.07 Å². The zero-order valence-electron chi connectivity index (χ0n) is 9.33. The lowest BCUT2D eigenvalue weighted by atomic mass is 9.93. The Bertz CT molecular complexity index is 401. The molecule has 0 unspecified atom stereocenters. The molecule has 15 heavy (non-hydrogen) atoms. The number of rotatable bonds is 1. The molecule has 0 radical (unpaired) electrons. The topological polar surface area (TPSA) is 27.0 Å². The Morgan fingerprint density at radius 3 is 2.80 bits per heavy atom. The van der Waals surface area contributed by atoms with Gasteiger partial charge in [0, 0.05) is 18.8 Å². The lowest BCUT2D eigenvalue weighted by Gasteiger charge is -2.21. The first-order valence-electron chi connectivity index (χ1n) is 5.36. The standard InChI is InChI=1S/C13H16N2/c1-13(2)6-7-15(10-13)12-5-3-4-11(8-12)9-14/h3-5,8H,6-7,10H2,1-2H3. The van der Waals surface area contributed by atoms with Gasteiger partial charge in [0.15, 0.2) is 0 Å². The van der Waals surface area contributed by atoms with E-state index in [-0.39, 0.29) is 0 Å². The Balaban J connectivity index is 2.21. The molecule has 0 aromatic heterocycles. The Morgan fingerprint density at radius 2 is 2.20 bits per heavy atom. The van der Waals surface area contributed by atoms with Gasteiger partial charge in [-0.15, -0.1) is 0 Å². The minimum Gasteiger partial charge on any atom is -0.371 e. The second-order valence-corrected chi connectivity index (χ2v) is 5.00. The fourth-order valence-corrected chi connectivity index (χ4v) is 2.10. The smallest absolute Gasteiger partial charge is 0.0992 e. The van der Waals surface area contributed by atoms with Crippen LogP contribution in [-0.4, -0.2) is 13.1 Å². The van der Waals surface area contributed by atoms with Crippen LogP contribution >= 0.6 is 0 Å². The zero-order chi connectivity index (χ0) is 10.9. The number of hydrogen-bond acceptors (Lipinski definition) is 2. The number of nitriles is 1. The summed E-state index contributed by atoms with van der Waals surface area (Å²) in [6.45, 7) is 6.77. The summed E-state index contributed by atoms with van der Waals surface area (Å²) in [5, 5.41) is 8.84. The van der Waals surface area contributed by atoms with Crippen LogP contribution in [0.1, 0.15) is 25.8 Å². The van der Waals surface area contributed by atoms with Crippen LogP contribution in [0.5, 0.6) is 0 Å². The molecule has 1 aliphatic heterocycles. The fraction of sp³-hybridized carbons (Fsp3) is 0.462. The molecular weight excluding hydrogens is 184 g/mol. The van der Waals surface area contributed by atoms with E-state index in [0.29, 0.717) is 5.41 Å². The maximum atomic E-state index is 8.84. The van der Waals surface area contributed by atoms with Crippen molar-refractivity contribution in [2.24, 2.45) is 5.41 Å². The number of hydrogen-bond donors (Lipinski definition) is 0. The van der Waals surface area contributed by atoms with Gasteiger partial charge in [-0.2, -0.15) is 5.26 Å². The maximum absolute atomic E-state index is 8.84. The van der Waals surface area contributed by atoms with Gasteiger partial charge in [-0.3, -0.25) is 0 Å². The van der Waals surface area contributed by atoms with Crippen molar-refractivity contribution in [3.63, 3.8) is 0 Å². The van der Waals surface area contributed by atoms with Crippen molar-refractivity contribution in [2.45, 2.75) is 20.3 Å². The molecule has 0 aliphatic carbocycles. The van der Waals surface area contributed by atoms with Gasteiger partial charge in [-0.1, -0.05) is 19.9 Å². The highest BCUT2D eigenvalue weighted by molar-refractivity contribution is 5.52. The minimum absolute atomic E-state index is 0.405. The molecular formula is C13H16N2. The predicted octanol–water partition coefficient (Wildman–Crippen LogP) is 2.79. The molecule has 0 saturated carbocycles. The molecule has 0 N–H and O–H groups in total. The average Bonchev–Trinajstić information content (AvgIpc) is 2.59. The fourth-order valence-electron chi connectivity index (χ4n) is 2.10. The first kappa shape index (κ1) is 10.0. The van der Waals surface area contributed by atoms with E-state index in [1.54, 1.807) is 0 Å². The van der Waals surface area contributed by atoms with Crippen LogP contribution in [0.15, 0.2) is 24.3 Å². The van der Waals surface area contributed by atoms with E-state index in [1.807, 2.05) is 18.2 Å². The molecule has 1 aromatic carbocycles. The molecule has 1 heterocycles. The molecule has 1 fully saturated rings. The second-order valence-electron chi connectivity index (χ2n) is 5.00.